The molecular formula is C20H23ClN2O3. The van der Waals surface area contributed by atoms with E-state index in [1.54, 1.807) is 24.3 Å². The van der Waals surface area contributed by atoms with Crippen LogP contribution in [0.2, 0.25) is 5.02 Å². The van der Waals surface area contributed by atoms with Crippen molar-refractivity contribution >= 4 is 23.4 Å². The largest absolute Gasteiger partial charge is 0.396 e. The lowest BCUT2D eigenvalue weighted by molar-refractivity contribution is -0.123. The summed E-state index contributed by atoms with van der Waals surface area (Å²) < 4.78 is 0. The Bertz CT molecular complexity index is 720. The molecule has 138 valence electrons. The number of amides is 2. The summed E-state index contributed by atoms with van der Waals surface area (Å²) in [6.45, 7) is 1.38. The Labute approximate surface area is 158 Å². The molecule has 0 fully saturated rings. The molecule has 2 amide bonds. The van der Waals surface area contributed by atoms with Crippen LogP contribution in [0.15, 0.2) is 54.6 Å². The molecule has 0 unspecified atom stereocenters. The summed E-state index contributed by atoms with van der Waals surface area (Å²) in [4.78, 5) is 24.1. The molecule has 2 atom stereocenters. The van der Waals surface area contributed by atoms with E-state index in [0.29, 0.717) is 11.4 Å². The molecule has 0 saturated carbocycles. The molecule has 0 aliphatic rings. The van der Waals surface area contributed by atoms with E-state index >= 15 is 0 Å². The van der Waals surface area contributed by atoms with Crippen molar-refractivity contribution in [3.05, 3.63) is 70.7 Å². The van der Waals surface area contributed by atoms with Crippen LogP contribution in [-0.4, -0.2) is 23.5 Å². The first-order valence-electron chi connectivity index (χ1n) is 8.47. The van der Waals surface area contributed by atoms with Crippen LogP contribution in [-0.2, 0) is 9.59 Å². The van der Waals surface area contributed by atoms with Gasteiger partial charge in [0.1, 0.15) is 0 Å². The third kappa shape index (κ3) is 6.17. The fourth-order valence-electron chi connectivity index (χ4n) is 2.77. The van der Waals surface area contributed by atoms with Crippen molar-refractivity contribution < 1.29 is 14.7 Å². The summed E-state index contributed by atoms with van der Waals surface area (Å²) in [5.74, 6) is -0.422. The van der Waals surface area contributed by atoms with Crippen LogP contribution in [0.4, 0.5) is 0 Å². The van der Waals surface area contributed by atoms with Gasteiger partial charge in [-0.3, -0.25) is 9.59 Å². The van der Waals surface area contributed by atoms with Crippen molar-refractivity contribution in [3.63, 3.8) is 0 Å². The van der Waals surface area contributed by atoms with E-state index in [0.717, 1.165) is 11.1 Å². The van der Waals surface area contributed by atoms with Crippen molar-refractivity contribution in [2.24, 2.45) is 0 Å². The Balaban J connectivity index is 2.09. The van der Waals surface area contributed by atoms with E-state index in [-0.39, 0.29) is 30.9 Å². The third-order valence-electron chi connectivity index (χ3n) is 3.99. The minimum Gasteiger partial charge on any atom is -0.396 e. The second-order valence-corrected chi connectivity index (χ2v) is 6.49. The SMILES string of the molecule is CC(=O)N[C@@H](CC(=O)N[C@@H](CCO)c1ccccc1)c1ccc(Cl)cc1. The van der Waals surface area contributed by atoms with E-state index < -0.39 is 6.04 Å². The smallest absolute Gasteiger partial charge is 0.222 e. The van der Waals surface area contributed by atoms with Crippen molar-refractivity contribution in [1.29, 1.82) is 0 Å². The molecule has 2 aromatic rings. The average Bonchev–Trinajstić information content (AvgIpc) is 2.62. The molecule has 0 bridgehead atoms. The molecule has 26 heavy (non-hydrogen) atoms. The van der Waals surface area contributed by atoms with Gasteiger partial charge in [-0.15, -0.1) is 0 Å². The standard InChI is InChI=1S/C20H23ClN2O3/c1-14(25)22-19(16-7-9-17(21)10-8-16)13-20(26)23-18(11-12-24)15-5-3-2-4-6-15/h2-10,18-19,24H,11-13H2,1H3,(H,22,25)(H,23,26)/t18-,19-/m0/s1. The fourth-order valence-corrected chi connectivity index (χ4v) is 2.89. The molecule has 0 saturated heterocycles. The monoisotopic (exact) mass is 374 g/mol. The summed E-state index contributed by atoms with van der Waals surface area (Å²) in [5, 5.41) is 15.6. The average molecular weight is 375 g/mol. The zero-order chi connectivity index (χ0) is 18.9. The quantitative estimate of drug-likeness (QED) is 0.664. The molecule has 0 radical (unpaired) electrons. The lowest BCUT2D eigenvalue weighted by Gasteiger charge is -2.22. The van der Waals surface area contributed by atoms with Gasteiger partial charge in [-0.25, -0.2) is 0 Å². The van der Waals surface area contributed by atoms with Crippen LogP contribution < -0.4 is 10.6 Å². The summed E-state index contributed by atoms with van der Waals surface area (Å²) in [7, 11) is 0. The number of hydrogen-bond acceptors (Lipinski definition) is 3. The van der Waals surface area contributed by atoms with Gasteiger partial charge in [-0.1, -0.05) is 54.1 Å². The van der Waals surface area contributed by atoms with Gasteiger partial charge < -0.3 is 15.7 Å². The molecule has 2 rings (SSSR count). The van der Waals surface area contributed by atoms with Crippen LogP contribution in [0.3, 0.4) is 0 Å². The van der Waals surface area contributed by atoms with Crippen LogP contribution in [0.25, 0.3) is 0 Å². The van der Waals surface area contributed by atoms with E-state index in [1.165, 1.54) is 6.92 Å². The summed E-state index contributed by atoms with van der Waals surface area (Å²) in [6.07, 6.45) is 0.511. The molecule has 0 aliphatic heterocycles. The first-order valence-corrected chi connectivity index (χ1v) is 8.85. The van der Waals surface area contributed by atoms with Gasteiger partial charge in [-0.05, 0) is 29.7 Å². The van der Waals surface area contributed by atoms with Crippen molar-refractivity contribution in [1.82, 2.24) is 10.6 Å². The van der Waals surface area contributed by atoms with E-state index in [1.807, 2.05) is 30.3 Å². The van der Waals surface area contributed by atoms with E-state index in [4.69, 9.17) is 11.6 Å². The number of halogens is 1. The number of benzene rings is 2. The van der Waals surface area contributed by atoms with Gasteiger partial charge in [0.2, 0.25) is 11.8 Å². The number of carbonyl (C=O) groups excluding carboxylic acids is 2. The molecule has 3 N–H and O–H groups in total. The molecular weight excluding hydrogens is 352 g/mol. The number of hydrogen-bond donors (Lipinski definition) is 3. The maximum absolute atomic E-state index is 12.6. The lowest BCUT2D eigenvalue weighted by Crippen LogP contribution is -2.34. The molecule has 5 nitrogen and oxygen atoms in total. The molecule has 0 heterocycles. The van der Waals surface area contributed by atoms with Crippen molar-refractivity contribution in [3.8, 4) is 0 Å². The summed E-state index contributed by atoms with van der Waals surface area (Å²) in [6, 6.07) is 15.8. The Morgan fingerprint density at radius 3 is 2.15 bits per heavy atom. The predicted octanol–water partition coefficient (Wildman–Crippen LogP) is 3.15. The van der Waals surface area contributed by atoms with Gasteiger partial charge in [0.15, 0.2) is 0 Å². The van der Waals surface area contributed by atoms with Gasteiger partial charge in [0, 0.05) is 18.6 Å². The molecule has 0 spiro atoms. The molecule has 6 heteroatoms. The second kappa shape index (κ2) is 9.94. The maximum Gasteiger partial charge on any atom is 0.222 e. The van der Waals surface area contributed by atoms with Crippen LogP contribution in [0, 0.1) is 0 Å². The number of nitrogens with one attached hydrogen (secondary N) is 2. The summed E-state index contributed by atoms with van der Waals surface area (Å²) in [5.41, 5.74) is 1.73. The van der Waals surface area contributed by atoms with Crippen LogP contribution in [0.1, 0.15) is 43.0 Å². The van der Waals surface area contributed by atoms with Gasteiger partial charge in [-0.2, -0.15) is 0 Å². The fraction of sp³-hybridized carbons (Fsp3) is 0.300. The Kier molecular flexibility index (Phi) is 7.63. The first-order chi connectivity index (χ1) is 12.5. The number of carbonyl (C=O) groups is 2. The Morgan fingerprint density at radius 2 is 1.58 bits per heavy atom. The maximum atomic E-state index is 12.6. The third-order valence-corrected chi connectivity index (χ3v) is 4.25. The Morgan fingerprint density at radius 1 is 0.962 bits per heavy atom. The lowest BCUT2D eigenvalue weighted by atomic mass is 10.0. The topological polar surface area (TPSA) is 78.4 Å². The summed E-state index contributed by atoms with van der Waals surface area (Å²) >= 11 is 5.91. The van der Waals surface area contributed by atoms with E-state index in [9.17, 15) is 14.7 Å². The highest BCUT2D eigenvalue weighted by Crippen LogP contribution is 2.21. The number of aliphatic hydroxyl groups is 1. The van der Waals surface area contributed by atoms with E-state index in [2.05, 4.69) is 10.6 Å². The highest BCUT2D eigenvalue weighted by molar-refractivity contribution is 6.30. The number of rotatable bonds is 8. The van der Waals surface area contributed by atoms with Crippen molar-refractivity contribution in [2.45, 2.75) is 31.8 Å². The molecule has 0 aromatic heterocycles. The van der Waals surface area contributed by atoms with Crippen molar-refractivity contribution in [2.75, 3.05) is 6.61 Å². The zero-order valence-corrected chi connectivity index (χ0v) is 15.4. The second-order valence-electron chi connectivity index (χ2n) is 6.05. The zero-order valence-electron chi connectivity index (χ0n) is 14.6. The molecule has 0 aliphatic carbocycles. The van der Waals surface area contributed by atoms with Gasteiger partial charge >= 0.3 is 0 Å². The first kappa shape index (κ1) is 19.9. The highest BCUT2D eigenvalue weighted by Gasteiger charge is 2.20. The van der Waals surface area contributed by atoms with Gasteiger partial charge in [0.05, 0.1) is 18.5 Å². The Hall–Kier alpha value is -2.37. The minimum atomic E-state index is -0.449. The number of aliphatic hydroxyl groups excluding tert-OH is 1. The molecule has 2 aromatic carbocycles. The van der Waals surface area contributed by atoms with Gasteiger partial charge in [0.25, 0.3) is 0 Å². The normalized spacial score (nSPS) is 12.9. The van der Waals surface area contributed by atoms with Crippen LogP contribution in [0.5, 0.6) is 0 Å². The highest BCUT2D eigenvalue weighted by atomic mass is 35.5. The minimum absolute atomic E-state index is 0.0356. The predicted molar refractivity (Wildman–Crippen MR) is 102 cm³/mol. The van der Waals surface area contributed by atoms with Crippen LogP contribution >= 0.6 is 11.6 Å².